The molecule has 1 rings (SSSR count). The van der Waals surface area contributed by atoms with Crippen molar-refractivity contribution in [3.8, 4) is 0 Å². The van der Waals surface area contributed by atoms with Gasteiger partial charge in [-0.3, -0.25) is 0 Å². The minimum Gasteiger partial charge on any atom is -0.385 e. The van der Waals surface area contributed by atoms with Crippen LogP contribution in [-0.2, 0) is 21.3 Å². The number of ether oxygens (including phenoxy) is 1. The van der Waals surface area contributed by atoms with Crippen LogP contribution in [0.2, 0.25) is 5.02 Å². The smallest absolute Gasteiger partial charge is 0.240 e. The molecule has 0 radical (unpaired) electrons. The summed E-state index contributed by atoms with van der Waals surface area (Å²) in [6.07, 6.45) is 1.64. The Morgan fingerprint density at radius 2 is 2.05 bits per heavy atom. The zero-order valence-corrected chi connectivity index (χ0v) is 14.1. The van der Waals surface area contributed by atoms with E-state index in [9.17, 15) is 8.42 Å². The largest absolute Gasteiger partial charge is 0.385 e. The average Bonchev–Trinajstić information content (AvgIpc) is 2.45. The van der Waals surface area contributed by atoms with Gasteiger partial charge in [0.1, 0.15) is 0 Å². The number of rotatable bonds is 10. The molecule has 0 aliphatic rings. The van der Waals surface area contributed by atoms with E-state index in [1.807, 2.05) is 0 Å². The second-order valence-electron chi connectivity index (χ2n) is 4.67. The highest BCUT2D eigenvalue weighted by Gasteiger charge is 2.15. The minimum absolute atomic E-state index is 0.234. The molecule has 0 aliphatic heterocycles. The van der Waals surface area contributed by atoms with E-state index in [2.05, 4.69) is 17.0 Å². The van der Waals surface area contributed by atoms with Gasteiger partial charge in [-0.15, -0.1) is 0 Å². The number of benzene rings is 1. The van der Waals surface area contributed by atoms with E-state index in [1.165, 1.54) is 6.07 Å². The van der Waals surface area contributed by atoms with Gasteiger partial charge in [0.05, 0.1) is 4.90 Å². The summed E-state index contributed by atoms with van der Waals surface area (Å²) in [5, 5.41) is 3.78. The number of sulfonamides is 1. The van der Waals surface area contributed by atoms with Gasteiger partial charge < -0.3 is 10.1 Å². The van der Waals surface area contributed by atoms with Gasteiger partial charge in [-0.2, -0.15) is 0 Å². The van der Waals surface area contributed by atoms with Crippen molar-refractivity contribution >= 4 is 21.6 Å². The molecule has 5 nitrogen and oxygen atoms in total. The summed E-state index contributed by atoms with van der Waals surface area (Å²) in [5.41, 5.74) is 0.782. The lowest BCUT2D eigenvalue weighted by Crippen LogP contribution is -2.25. The molecule has 0 aromatic heterocycles. The predicted octanol–water partition coefficient (Wildman–Crippen LogP) is 2.15. The number of halogens is 1. The number of nitrogens with one attached hydrogen (secondary N) is 2. The summed E-state index contributed by atoms with van der Waals surface area (Å²) in [5.74, 6) is 0. The van der Waals surface area contributed by atoms with Gasteiger partial charge in [-0.05, 0) is 43.1 Å². The van der Waals surface area contributed by atoms with E-state index < -0.39 is 10.0 Å². The normalized spacial score (nSPS) is 11.8. The first kappa shape index (κ1) is 18.4. The zero-order valence-electron chi connectivity index (χ0n) is 12.5. The summed E-state index contributed by atoms with van der Waals surface area (Å²) in [4.78, 5) is 0.234. The molecule has 0 saturated carbocycles. The number of methoxy groups -OCH3 is 1. The molecule has 0 unspecified atom stereocenters. The Morgan fingerprint density at radius 1 is 1.29 bits per heavy atom. The maximum absolute atomic E-state index is 12.2. The molecule has 2 N–H and O–H groups in total. The van der Waals surface area contributed by atoms with Gasteiger partial charge in [0.25, 0.3) is 0 Å². The van der Waals surface area contributed by atoms with E-state index >= 15 is 0 Å². The lowest BCUT2D eigenvalue weighted by atomic mass is 10.2. The quantitative estimate of drug-likeness (QED) is 0.643. The van der Waals surface area contributed by atoms with Crippen LogP contribution in [0.5, 0.6) is 0 Å². The summed E-state index contributed by atoms with van der Waals surface area (Å²) in [6, 6.07) is 4.75. The second kappa shape index (κ2) is 9.38. The van der Waals surface area contributed by atoms with Crippen LogP contribution < -0.4 is 10.0 Å². The molecular formula is C14H23ClN2O3S. The van der Waals surface area contributed by atoms with Crippen molar-refractivity contribution in [2.75, 3.05) is 26.8 Å². The van der Waals surface area contributed by atoms with Gasteiger partial charge in [0.2, 0.25) is 10.0 Å². The maximum atomic E-state index is 12.2. The van der Waals surface area contributed by atoms with E-state index in [-0.39, 0.29) is 4.90 Å². The van der Waals surface area contributed by atoms with Crippen molar-refractivity contribution in [1.29, 1.82) is 0 Å². The third-order valence-corrected chi connectivity index (χ3v) is 4.71. The van der Waals surface area contributed by atoms with Gasteiger partial charge in [0, 0.05) is 31.8 Å². The number of hydrogen-bond acceptors (Lipinski definition) is 4. The summed E-state index contributed by atoms with van der Waals surface area (Å²) < 4.78 is 31.8. The van der Waals surface area contributed by atoms with E-state index in [1.54, 1.807) is 19.2 Å². The number of hydrogen-bond donors (Lipinski definition) is 2. The van der Waals surface area contributed by atoms with Crippen LogP contribution >= 0.6 is 11.6 Å². The summed E-state index contributed by atoms with van der Waals surface area (Å²) in [7, 11) is -1.92. The van der Waals surface area contributed by atoms with E-state index in [0.717, 1.165) is 18.5 Å². The van der Waals surface area contributed by atoms with Crippen molar-refractivity contribution in [3.05, 3.63) is 28.8 Å². The molecule has 0 aliphatic carbocycles. The third kappa shape index (κ3) is 6.32. The molecule has 0 spiro atoms. The fourth-order valence-corrected chi connectivity index (χ4v) is 3.07. The van der Waals surface area contributed by atoms with Crippen molar-refractivity contribution in [2.45, 2.75) is 31.2 Å². The second-order valence-corrected chi connectivity index (χ2v) is 6.85. The lowest BCUT2D eigenvalue weighted by Gasteiger charge is -2.10. The highest BCUT2D eigenvalue weighted by molar-refractivity contribution is 7.89. The monoisotopic (exact) mass is 334 g/mol. The van der Waals surface area contributed by atoms with Crippen molar-refractivity contribution in [1.82, 2.24) is 10.0 Å². The first-order valence-electron chi connectivity index (χ1n) is 6.99. The molecule has 1 aromatic carbocycles. The van der Waals surface area contributed by atoms with Crippen LogP contribution in [-0.4, -0.2) is 35.2 Å². The molecule has 21 heavy (non-hydrogen) atoms. The first-order chi connectivity index (χ1) is 10.0. The fourth-order valence-electron chi connectivity index (χ4n) is 1.76. The lowest BCUT2D eigenvalue weighted by molar-refractivity contribution is 0.196. The zero-order chi connectivity index (χ0) is 15.7. The standard InChI is InChI=1S/C14H23ClN2O3S/c1-3-7-16-11-12-10-13(5-6-14(12)15)21(18,19)17-8-4-9-20-2/h5-6,10,16-17H,3-4,7-9,11H2,1-2H3. The van der Waals surface area contributed by atoms with Crippen molar-refractivity contribution in [3.63, 3.8) is 0 Å². The van der Waals surface area contributed by atoms with Gasteiger partial charge in [-0.25, -0.2) is 13.1 Å². The Hall–Kier alpha value is -0.660. The molecule has 0 amide bonds. The predicted molar refractivity (Wildman–Crippen MR) is 85.1 cm³/mol. The Morgan fingerprint density at radius 3 is 2.71 bits per heavy atom. The Balaban J connectivity index is 2.75. The Labute approximate surface area is 132 Å². The third-order valence-electron chi connectivity index (χ3n) is 2.89. The van der Waals surface area contributed by atoms with Crippen molar-refractivity contribution in [2.24, 2.45) is 0 Å². The van der Waals surface area contributed by atoms with Crippen LogP contribution in [0, 0.1) is 0 Å². The van der Waals surface area contributed by atoms with E-state index in [0.29, 0.717) is 31.1 Å². The van der Waals surface area contributed by atoms with Gasteiger partial charge >= 0.3 is 0 Å². The molecule has 0 fully saturated rings. The molecule has 0 heterocycles. The summed E-state index contributed by atoms with van der Waals surface area (Å²) >= 11 is 6.10. The summed E-state index contributed by atoms with van der Waals surface area (Å²) in [6.45, 7) is 4.36. The molecule has 0 saturated heterocycles. The highest BCUT2D eigenvalue weighted by atomic mass is 35.5. The fraction of sp³-hybridized carbons (Fsp3) is 0.571. The SMILES string of the molecule is CCCNCc1cc(S(=O)(=O)NCCCOC)ccc1Cl. The van der Waals surface area contributed by atoms with E-state index in [4.69, 9.17) is 16.3 Å². The highest BCUT2D eigenvalue weighted by Crippen LogP contribution is 2.20. The van der Waals surface area contributed by atoms with Gasteiger partial charge in [-0.1, -0.05) is 18.5 Å². The molecule has 7 heteroatoms. The van der Waals surface area contributed by atoms with Crippen LogP contribution in [0.25, 0.3) is 0 Å². The van der Waals surface area contributed by atoms with Crippen molar-refractivity contribution < 1.29 is 13.2 Å². The van der Waals surface area contributed by atoms with Crippen LogP contribution in [0.15, 0.2) is 23.1 Å². The van der Waals surface area contributed by atoms with Crippen LogP contribution in [0.1, 0.15) is 25.3 Å². The minimum atomic E-state index is -3.50. The average molecular weight is 335 g/mol. The Kier molecular flexibility index (Phi) is 8.21. The van der Waals surface area contributed by atoms with Crippen LogP contribution in [0.3, 0.4) is 0 Å². The Bertz CT molecular complexity index is 535. The molecule has 0 atom stereocenters. The first-order valence-corrected chi connectivity index (χ1v) is 8.85. The topological polar surface area (TPSA) is 67.4 Å². The molecular weight excluding hydrogens is 312 g/mol. The molecule has 120 valence electrons. The van der Waals surface area contributed by atoms with Crippen LogP contribution in [0.4, 0.5) is 0 Å². The molecule has 0 bridgehead atoms. The maximum Gasteiger partial charge on any atom is 0.240 e. The molecule has 1 aromatic rings. The van der Waals surface area contributed by atoms with Gasteiger partial charge in [0.15, 0.2) is 0 Å².